The lowest BCUT2D eigenvalue weighted by Crippen LogP contribution is -2.53. The lowest BCUT2D eigenvalue weighted by atomic mass is 9.95. The maximum atomic E-state index is 11.6. The van der Waals surface area contributed by atoms with E-state index in [1.165, 1.54) is 12.8 Å². The number of carbonyl (C=O) groups is 1. The predicted octanol–water partition coefficient (Wildman–Crippen LogP) is 1.90. The third-order valence-electron chi connectivity index (χ3n) is 3.07. The van der Waals surface area contributed by atoms with Crippen LogP contribution >= 0.6 is 0 Å². The van der Waals surface area contributed by atoms with E-state index < -0.39 is 5.60 Å². The summed E-state index contributed by atoms with van der Waals surface area (Å²) in [6, 6.07) is 0. The van der Waals surface area contributed by atoms with Gasteiger partial charge in [-0.1, -0.05) is 5.92 Å². The van der Waals surface area contributed by atoms with Gasteiger partial charge in [-0.15, -0.1) is 6.42 Å². The highest BCUT2D eigenvalue weighted by Gasteiger charge is 2.41. The summed E-state index contributed by atoms with van der Waals surface area (Å²) in [4.78, 5) is 11.6. The Balaban J connectivity index is 2.43. The van der Waals surface area contributed by atoms with Gasteiger partial charge in [0.15, 0.2) is 0 Å². The van der Waals surface area contributed by atoms with Gasteiger partial charge in [0.1, 0.15) is 5.60 Å². The Morgan fingerprint density at radius 2 is 2.00 bits per heavy atom. The van der Waals surface area contributed by atoms with Gasteiger partial charge in [-0.3, -0.25) is 5.32 Å². The summed E-state index contributed by atoms with van der Waals surface area (Å²) >= 11 is 0. The lowest BCUT2D eigenvalue weighted by molar-refractivity contribution is 0.0508. The van der Waals surface area contributed by atoms with Gasteiger partial charge < -0.3 is 10.1 Å². The maximum Gasteiger partial charge on any atom is 0.407 e. The van der Waals surface area contributed by atoms with Gasteiger partial charge in [-0.25, -0.2) is 4.79 Å². The largest absolute Gasteiger partial charge is 0.444 e. The van der Waals surface area contributed by atoms with Crippen LogP contribution in [0.2, 0.25) is 0 Å². The molecule has 4 nitrogen and oxygen atoms in total. The molecule has 1 atom stereocenters. The number of nitrogens with one attached hydrogen (secondary N) is 2. The Morgan fingerprint density at radius 3 is 2.44 bits per heavy atom. The Kier molecular flexibility index (Phi) is 4.64. The van der Waals surface area contributed by atoms with Gasteiger partial charge in [-0.05, 0) is 46.5 Å². The first-order valence-corrected chi connectivity index (χ1v) is 6.42. The Hall–Kier alpha value is -1.21. The van der Waals surface area contributed by atoms with E-state index in [4.69, 9.17) is 11.2 Å². The normalized spacial score (nSPS) is 18.6. The SMILES string of the molecule is C#CCN[C@@](C)(CNC(=O)OC(C)(C)C)C1CC1. The van der Waals surface area contributed by atoms with Crippen molar-refractivity contribution >= 4 is 6.09 Å². The van der Waals surface area contributed by atoms with Crippen molar-refractivity contribution in [3.63, 3.8) is 0 Å². The number of hydrogen-bond donors (Lipinski definition) is 2. The number of amides is 1. The maximum absolute atomic E-state index is 11.6. The average molecular weight is 252 g/mol. The molecule has 1 saturated carbocycles. The molecule has 102 valence electrons. The lowest BCUT2D eigenvalue weighted by Gasteiger charge is -2.31. The molecule has 1 aliphatic carbocycles. The zero-order chi connectivity index (χ0) is 13.8. The summed E-state index contributed by atoms with van der Waals surface area (Å²) in [7, 11) is 0. The van der Waals surface area contributed by atoms with Gasteiger partial charge in [0, 0.05) is 12.1 Å². The van der Waals surface area contributed by atoms with Crippen LogP contribution < -0.4 is 10.6 Å². The van der Waals surface area contributed by atoms with Crippen molar-refractivity contribution in [2.45, 2.75) is 51.7 Å². The number of hydrogen-bond acceptors (Lipinski definition) is 3. The number of ether oxygens (including phenoxy) is 1. The molecule has 1 aliphatic rings. The first-order chi connectivity index (χ1) is 8.27. The first-order valence-electron chi connectivity index (χ1n) is 6.42. The highest BCUT2D eigenvalue weighted by atomic mass is 16.6. The van der Waals surface area contributed by atoms with Crippen molar-refractivity contribution in [2.75, 3.05) is 13.1 Å². The van der Waals surface area contributed by atoms with E-state index >= 15 is 0 Å². The van der Waals surface area contributed by atoms with E-state index in [1.54, 1.807) is 0 Å². The van der Waals surface area contributed by atoms with Crippen LogP contribution in [0.25, 0.3) is 0 Å². The molecular formula is C14H24N2O2. The Bertz CT molecular complexity index is 337. The van der Waals surface area contributed by atoms with Crippen LogP contribution in [0.15, 0.2) is 0 Å². The Labute approximate surface area is 110 Å². The van der Waals surface area contributed by atoms with E-state index in [-0.39, 0.29) is 11.6 Å². The molecule has 0 aromatic heterocycles. The monoisotopic (exact) mass is 252 g/mol. The Morgan fingerprint density at radius 1 is 1.39 bits per heavy atom. The highest BCUT2D eigenvalue weighted by Crippen LogP contribution is 2.39. The number of rotatable bonds is 5. The zero-order valence-corrected chi connectivity index (χ0v) is 11.8. The van der Waals surface area contributed by atoms with Crippen LogP contribution in [0.3, 0.4) is 0 Å². The summed E-state index contributed by atoms with van der Waals surface area (Å²) in [6.07, 6.45) is 7.26. The average Bonchev–Trinajstić information content (AvgIpc) is 3.05. The van der Waals surface area contributed by atoms with Crippen LogP contribution in [0.5, 0.6) is 0 Å². The fourth-order valence-electron chi connectivity index (χ4n) is 1.89. The van der Waals surface area contributed by atoms with E-state index in [9.17, 15) is 4.79 Å². The molecule has 0 aromatic rings. The molecule has 0 unspecified atom stereocenters. The first kappa shape index (κ1) is 14.8. The minimum atomic E-state index is -0.466. The van der Waals surface area contributed by atoms with Crippen LogP contribution in [-0.4, -0.2) is 30.3 Å². The van der Waals surface area contributed by atoms with Crippen molar-refractivity contribution in [3.8, 4) is 12.3 Å². The minimum Gasteiger partial charge on any atom is -0.444 e. The molecule has 1 amide bonds. The second-order valence-electron chi connectivity index (χ2n) is 6.10. The van der Waals surface area contributed by atoms with Crippen molar-refractivity contribution in [3.05, 3.63) is 0 Å². The standard InChI is InChI=1S/C14H24N2O2/c1-6-9-16-14(5,11-7-8-11)10-15-12(17)18-13(2,3)4/h1,11,16H,7-10H2,2-5H3,(H,15,17)/t14-/m0/s1. The zero-order valence-electron chi connectivity index (χ0n) is 11.8. The van der Waals surface area contributed by atoms with Gasteiger partial charge in [0.2, 0.25) is 0 Å². The van der Waals surface area contributed by atoms with E-state index in [2.05, 4.69) is 23.5 Å². The molecule has 1 rings (SSSR count). The van der Waals surface area contributed by atoms with Crippen molar-refractivity contribution < 1.29 is 9.53 Å². The van der Waals surface area contributed by atoms with Crippen LogP contribution in [0.1, 0.15) is 40.5 Å². The van der Waals surface area contributed by atoms with Crippen molar-refractivity contribution in [1.82, 2.24) is 10.6 Å². The molecular weight excluding hydrogens is 228 g/mol. The summed E-state index contributed by atoms with van der Waals surface area (Å²) in [5.74, 6) is 3.16. The van der Waals surface area contributed by atoms with E-state index in [1.807, 2.05) is 20.8 Å². The van der Waals surface area contributed by atoms with Gasteiger partial charge >= 0.3 is 6.09 Å². The quantitative estimate of drug-likeness (QED) is 0.735. The summed E-state index contributed by atoms with van der Waals surface area (Å²) in [5, 5.41) is 6.14. The molecule has 0 bridgehead atoms. The predicted molar refractivity (Wildman–Crippen MR) is 72.2 cm³/mol. The second kappa shape index (κ2) is 5.62. The smallest absolute Gasteiger partial charge is 0.407 e. The molecule has 2 N–H and O–H groups in total. The topological polar surface area (TPSA) is 50.4 Å². The van der Waals surface area contributed by atoms with E-state index in [0.29, 0.717) is 19.0 Å². The third kappa shape index (κ3) is 4.97. The number of carbonyl (C=O) groups excluding carboxylic acids is 1. The van der Waals surface area contributed by atoms with Crippen LogP contribution in [-0.2, 0) is 4.74 Å². The fourth-order valence-corrected chi connectivity index (χ4v) is 1.89. The van der Waals surface area contributed by atoms with Crippen LogP contribution in [0, 0.1) is 18.3 Å². The van der Waals surface area contributed by atoms with Crippen molar-refractivity contribution in [2.24, 2.45) is 5.92 Å². The number of terminal acetylenes is 1. The summed E-state index contributed by atoms with van der Waals surface area (Å²) in [5.41, 5.74) is -0.602. The third-order valence-corrected chi connectivity index (χ3v) is 3.07. The highest BCUT2D eigenvalue weighted by molar-refractivity contribution is 5.67. The molecule has 0 aromatic carbocycles. The van der Waals surface area contributed by atoms with Crippen LogP contribution in [0.4, 0.5) is 4.79 Å². The molecule has 0 heterocycles. The molecule has 0 spiro atoms. The minimum absolute atomic E-state index is 0.136. The van der Waals surface area contributed by atoms with Gasteiger partial charge in [0.25, 0.3) is 0 Å². The number of alkyl carbamates (subject to hydrolysis) is 1. The summed E-state index contributed by atoms with van der Waals surface area (Å²) < 4.78 is 5.22. The molecule has 0 saturated heterocycles. The molecule has 0 radical (unpaired) electrons. The summed E-state index contributed by atoms with van der Waals surface area (Å²) in [6.45, 7) is 8.70. The van der Waals surface area contributed by atoms with Gasteiger partial charge in [-0.2, -0.15) is 0 Å². The fraction of sp³-hybridized carbons (Fsp3) is 0.786. The molecule has 4 heteroatoms. The molecule has 18 heavy (non-hydrogen) atoms. The molecule has 0 aliphatic heterocycles. The molecule has 1 fully saturated rings. The van der Waals surface area contributed by atoms with Crippen molar-refractivity contribution in [1.29, 1.82) is 0 Å². The van der Waals surface area contributed by atoms with E-state index in [0.717, 1.165) is 0 Å². The van der Waals surface area contributed by atoms with Gasteiger partial charge in [0.05, 0.1) is 6.54 Å². The second-order valence-corrected chi connectivity index (χ2v) is 6.10.